The largest absolute Gasteiger partial charge is 0.358 e. The van der Waals surface area contributed by atoms with Gasteiger partial charge in [0, 0.05) is 28.2 Å². The highest BCUT2D eigenvalue weighted by Gasteiger charge is 2.23. The van der Waals surface area contributed by atoms with Crippen LogP contribution in [0, 0.1) is 18.6 Å². The number of aromatic nitrogens is 1. The first-order valence-corrected chi connectivity index (χ1v) is 8.21. The Labute approximate surface area is 145 Å². The zero-order valence-corrected chi connectivity index (χ0v) is 14.4. The van der Waals surface area contributed by atoms with E-state index in [1.54, 1.807) is 6.92 Å². The lowest BCUT2D eigenvalue weighted by Gasteiger charge is -2.20. The SMILES string of the molecule is Cc1[nH]c2ccccc2c1C(=O)[C@H](C)N[C@H](C)c1ccc(F)c(F)c1. The molecule has 3 rings (SSSR count). The molecular formula is C20H20F2N2O. The molecule has 2 aromatic carbocycles. The predicted molar refractivity (Wildman–Crippen MR) is 94.7 cm³/mol. The Morgan fingerprint density at radius 2 is 1.80 bits per heavy atom. The molecule has 0 saturated heterocycles. The van der Waals surface area contributed by atoms with Crippen LogP contribution in [0.2, 0.25) is 0 Å². The molecule has 5 heteroatoms. The normalized spacial score (nSPS) is 13.8. The zero-order chi connectivity index (χ0) is 18.1. The highest BCUT2D eigenvalue weighted by Crippen LogP contribution is 2.24. The summed E-state index contributed by atoms with van der Waals surface area (Å²) in [7, 11) is 0. The number of H-pyrrole nitrogens is 1. The third kappa shape index (κ3) is 3.33. The lowest BCUT2D eigenvalue weighted by atomic mass is 10.00. The Balaban J connectivity index is 1.82. The van der Waals surface area contributed by atoms with E-state index in [4.69, 9.17) is 0 Å². The number of carbonyl (C=O) groups excluding carboxylic acids is 1. The van der Waals surface area contributed by atoms with Crippen LogP contribution in [0.3, 0.4) is 0 Å². The summed E-state index contributed by atoms with van der Waals surface area (Å²) in [5.74, 6) is -1.81. The van der Waals surface area contributed by atoms with Crippen molar-refractivity contribution < 1.29 is 13.6 Å². The van der Waals surface area contributed by atoms with Crippen LogP contribution in [0.5, 0.6) is 0 Å². The number of fused-ring (bicyclic) bond motifs is 1. The summed E-state index contributed by atoms with van der Waals surface area (Å²) in [6.07, 6.45) is 0. The van der Waals surface area contributed by atoms with E-state index in [1.807, 2.05) is 38.1 Å². The van der Waals surface area contributed by atoms with Gasteiger partial charge in [-0.2, -0.15) is 0 Å². The Morgan fingerprint density at radius 1 is 1.08 bits per heavy atom. The average Bonchev–Trinajstić information content (AvgIpc) is 2.92. The van der Waals surface area contributed by atoms with Gasteiger partial charge < -0.3 is 10.3 Å². The second-order valence-corrected chi connectivity index (χ2v) is 6.32. The van der Waals surface area contributed by atoms with Crippen molar-refractivity contribution in [3.05, 3.63) is 70.9 Å². The zero-order valence-electron chi connectivity index (χ0n) is 14.4. The molecule has 0 aliphatic rings. The van der Waals surface area contributed by atoms with E-state index in [0.29, 0.717) is 11.1 Å². The maximum Gasteiger partial charge on any atom is 0.181 e. The molecule has 0 bridgehead atoms. The van der Waals surface area contributed by atoms with Gasteiger partial charge in [0.15, 0.2) is 17.4 Å². The van der Waals surface area contributed by atoms with Crippen LogP contribution in [0.15, 0.2) is 42.5 Å². The minimum atomic E-state index is -0.891. The molecule has 0 unspecified atom stereocenters. The molecular weight excluding hydrogens is 322 g/mol. The maximum atomic E-state index is 13.4. The standard InChI is InChI=1S/C20H20F2N2O/c1-11(14-8-9-16(21)17(22)10-14)23-13(3)20(25)19-12(2)24-18-7-5-4-6-15(18)19/h4-11,13,23-24H,1-3H3/t11-,13+/m1/s1. The van der Waals surface area contributed by atoms with Gasteiger partial charge in [-0.05, 0) is 44.5 Å². The summed E-state index contributed by atoms with van der Waals surface area (Å²) in [4.78, 5) is 16.1. The molecule has 1 aromatic heterocycles. The Morgan fingerprint density at radius 3 is 2.52 bits per heavy atom. The van der Waals surface area contributed by atoms with Gasteiger partial charge in [-0.1, -0.05) is 24.3 Å². The smallest absolute Gasteiger partial charge is 0.181 e. The molecule has 1 heterocycles. The molecule has 0 fully saturated rings. The van der Waals surface area contributed by atoms with Crippen molar-refractivity contribution in [2.75, 3.05) is 0 Å². The number of para-hydroxylation sites is 1. The third-order valence-corrected chi connectivity index (χ3v) is 4.48. The van der Waals surface area contributed by atoms with E-state index >= 15 is 0 Å². The summed E-state index contributed by atoms with van der Waals surface area (Å²) < 4.78 is 26.5. The fourth-order valence-corrected chi connectivity index (χ4v) is 3.14. The molecule has 3 nitrogen and oxygen atoms in total. The van der Waals surface area contributed by atoms with Gasteiger partial charge in [0.25, 0.3) is 0 Å². The topological polar surface area (TPSA) is 44.9 Å². The number of halogens is 2. The number of Topliss-reactive ketones (excluding diaryl/α,β-unsaturated/α-hetero) is 1. The Kier molecular flexibility index (Phi) is 4.68. The van der Waals surface area contributed by atoms with E-state index in [-0.39, 0.29) is 11.8 Å². The Bertz CT molecular complexity index is 933. The van der Waals surface area contributed by atoms with Crippen molar-refractivity contribution in [1.82, 2.24) is 10.3 Å². The fraction of sp³-hybridized carbons (Fsp3) is 0.250. The fourth-order valence-electron chi connectivity index (χ4n) is 3.14. The second-order valence-electron chi connectivity index (χ2n) is 6.32. The first-order valence-electron chi connectivity index (χ1n) is 8.21. The molecule has 0 radical (unpaired) electrons. The predicted octanol–water partition coefficient (Wildman–Crippen LogP) is 4.68. The molecule has 0 saturated carbocycles. The Hall–Kier alpha value is -2.53. The van der Waals surface area contributed by atoms with Crippen LogP contribution in [-0.4, -0.2) is 16.8 Å². The summed E-state index contributed by atoms with van der Waals surface area (Å²) in [6, 6.07) is 10.7. The molecule has 0 aliphatic heterocycles. The van der Waals surface area contributed by atoms with Crippen molar-refractivity contribution in [3.8, 4) is 0 Å². The van der Waals surface area contributed by atoms with Gasteiger partial charge in [0.2, 0.25) is 0 Å². The van der Waals surface area contributed by atoms with Crippen molar-refractivity contribution in [3.63, 3.8) is 0 Å². The first kappa shape index (κ1) is 17.3. The van der Waals surface area contributed by atoms with E-state index in [2.05, 4.69) is 10.3 Å². The number of aromatic amines is 1. The number of hydrogen-bond acceptors (Lipinski definition) is 2. The van der Waals surface area contributed by atoms with Crippen LogP contribution < -0.4 is 5.32 Å². The average molecular weight is 342 g/mol. The third-order valence-electron chi connectivity index (χ3n) is 4.48. The maximum absolute atomic E-state index is 13.4. The number of nitrogens with one attached hydrogen (secondary N) is 2. The first-order chi connectivity index (χ1) is 11.9. The number of aryl methyl sites for hydroxylation is 1. The van der Waals surface area contributed by atoms with E-state index in [0.717, 1.165) is 28.7 Å². The quantitative estimate of drug-likeness (QED) is 0.662. The van der Waals surface area contributed by atoms with Gasteiger partial charge in [0.1, 0.15) is 0 Å². The van der Waals surface area contributed by atoms with E-state index < -0.39 is 17.7 Å². The number of hydrogen-bond donors (Lipinski definition) is 2. The minimum absolute atomic E-state index is 0.0376. The van der Waals surface area contributed by atoms with Crippen LogP contribution in [0.25, 0.3) is 10.9 Å². The van der Waals surface area contributed by atoms with Crippen molar-refractivity contribution >= 4 is 16.7 Å². The molecule has 25 heavy (non-hydrogen) atoms. The summed E-state index contributed by atoms with van der Waals surface area (Å²) in [5, 5.41) is 4.06. The monoisotopic (exact) mass is 342 g/mol. The van der Waals surface area contributed by atoms with E-state index in [1.165, 1.54) is 6.07 Å². The summed E-state index contributed by atoms with van der Waals surface area (Å²) >= 11 is 0. The van der Waals surface area contributed by atoms with Gasteiger partial charge in [-0.3, -0.25) is 4.79 Å². The summed E-state index contributed by atoms with van der Waals surface area (Å²) in [5.41, 5.74) is 2.99. The van der Waals surface area contributed by atoms with Crippen LogP contribution in [0.1, 0.15) is 41.5 Å². The lowest BCUT2D eigenvalue weighted by molar-refractivity contribution is 0.0946. The molecule has 0 amide bonds. The number of rotatable bonds is 5. The van der Waals surface area contributed by atoms with E-state index in [9.17, 15) is 13.6 Å². The number of carbonyl (C=O) groups is 1. The molecule has 130 valence electrons. The molecule has 2 N–H and O–H groups in total. The lowest BCUT2D eigenvalue weighted by Crippen LogP contribution is -2.36. The summed E-state index contributed by atoms with van der Waals surface area (Å²) in [6.45, 7) is 5.47. The highest BCUT2D eigenvalue weighted by atomic mass is 19.2. The number of ketones is 1. The van der Waals surface area contributed by atoms with Gasteiger partial charge in [-0.25, -0.2) is 8.78 Å². The van der Waals surface area contributed by atoms with Crippen LogP contribution in [0.4, 0.5) is 8.78 Å². The van der Waals surface area contributed by atoms with Crippen molar-refractivity contribution in [2.45, 2.75) is 32.9 Å². The molecule has 0 spiro atoms. The van der Waals surface area contributed by atoms with Crippen LogP contribution >= 0.6 is 0 Å². The van der Waals surface area contributed by atoms with Crippen molar-refractivity contribution in [2.24, 2.45) is 0 Å². The molecule has 0 aliphatic carbocycles. The minimum Gasteiger partial charge on any atom is -0.358 e. The van der Waals surface area contributed by atoms with Crippen LogP contribution in [-0.2, 0) is 0 Å². The highest BCUT2D eigenvalue weighted by molar-refractivity contribution is 6.11. The van der Waals surface area contributed by atoms with Gasteiger partial charge in [-0.15, -0.1) is 0 Å². The molecule has 2 atom stereocenters. The van der Waals surface area contributed by atoms with Gasteiger partial charge in [0.05, 0.1) is 6.04 Å². The van der Waals surface area contributed by atoms with Gasteiger partial charge >= 0.3 is 0 Å². The number of benzene rings is 2. The second kappa shape index (κ2) is 6.76. The van der Waals surface area contributed by atoms with Crippen molar-refractivity contribution in [1.29, 1.82) is 0 Å². The molecule has 3 aromatic rings.